The van der Waals surface area contributed by atoms with E-state index in [0.717, 1.165) is 11.3 Å². The van der Waals surface area contributed by atoms with E-state index in [4.69, 9.17) is 11.6 Å². The van der Waals surface area contributed by atoms with Crippen molar-refractivity contribution < 1.29 is 0 Å². The fourth-order valence-electron chi connectivity index (χ4n) is 1.57. The van der Waals surface area contributed by atoms with Crippen LogP contribution in [-0.4, -0.2) is 27.0 Å². The van der Waals surface area contributed by atoms with E-state index < -0.39 is 0 Å². The van der Waals surface area contributed by atoms with E-state index >= 15 is 0 Å². The minimum atomic E-state index is 0.439. The Bertz CT molecular complexity index is 613. The van der Waals surface area contributed by atoms with Crippen LogP contribution in [0.5, 0.6) is 0 Å². The lowest BCUT2D eigenvalue weighted by atomic mass is 10.2. The summed E-state index contributed by atoms with van der Waals surface area (Å²) in [6.45, 7) is 5.58. The molecule has 19 heavy (non-hydrogen) atoms. The molecular weight excluding hydrogens is 264 g/mol. The minimum absolute atomic E-state index is 0.439. The lowest BCUT2D eigenvalue weighted by Gasteiger charge is -2.10. The van der Waals surface area contributed by atoms with Crippen molar-refractivity contribution in [2.45, 2.75) is 20.8 Å². The van der Waals surface area contributed by atoms with Gasteiger partial charge in [0, 0.05) is 23.3 Å². The molecule has 2 heterocycles. The first-order valence-electron chi connectivity index (χ1n) is 5.81. The van der Waals surface area contributed by atoms with Gasteiger partial charge < -0.3 is 10.6 Å². The number of hydrogen-bond donors (Lipinski definition) is 2. The lowest BCUT2D eigenvalue weighted by Crippen LogP contribution is -2.07. The van der Waals surface area contributed by atoms with Gasteiger partial charge in [-0.15, -0.1) is 0 Å². The molecule has 0 radical (unpaired) electrons. The van der Waals surface area contributed by atoms with Gasteiger partial charge in [-0.2, -0.15) is 15.0 Å². The summed E-state index contributed by atoms with van der Waals surface area (Å²) in [5, 5.41) is 6.62. The first-order valence-corrected chi connectivity index (χ1v) is 6.18. The molecular formula is C12H15ClN6. The smallest absolute Gasteiger partial charge is 0.233 e. The van der Waals surface area contributed by atoms with E-state index in [-0.39, 0.29) is 0 Å². The van der Waals surface area contributed by atoms with Crippen LogP contribution in [0.4, 0.5) is 17.7 Å². The molecule has 6 nitrogen and oxygen atoms in total. The molecule has 7 heteroatoms. The predicted molar refractivity (Wildman–Crippen MR) is 76.1 cm³/mol. The molecule has 0 unspecified atom stereocenters. The molecule has 0 aliphatic rings. The maximum absolute atomic E-state index is 6.13. The van der Waals surface area contributed by atoms with E-state index in [2.05, 4.69) is 30.6 Å². The number of hydrogen-bond acceptors (Lipinski definition) is 6. The Morgan fingerprint density at radius 3 is 2.37 bits per heavy atom. The monoisotopic (exact) mass is 278 g/mol. The highest BCUT2D eigenvalue weighted by Gasteiger charge is 2.09. The molecule has 0 fully saturated rings. The van der Waals surface area contributed by atoms with Crippen LogP contribution in [-0.2, 0) is 0 Å². The van der Waals surface area contributed by atoms with E-state index in [0.29, 0.717) is 28.6 Å². The molecule has 2 N–H and O–H groups in total. The summed E-state index contributed by atoms with van der Waals surface area (Å²) in [6.07, 6.45) is 0. The number of nitrogens with zero attached hydrogens (tertiary/aromatic N) is 4. The van der Waals surface area contributed by atoms with Crippen molar-refractivity contribution in [3.63, 3.8) is 0 Å². The first kappa shape index (κ1) is 13.5. The van der Waals surface area contributed by atoms with Gasteiger partial charge in [-0.1, -0.05) is 11.6 Å². The van der Waals surface area contributed by atoms with Crippen molar-refractivity contribution in [3.05, 3.63) is 28.2 Å². The van der Waals surface area contributed by atoms with E-state index in [1.165, 1.54) is 0 Å². The summed E-state index contributed by atoms with van der Waals surface area (Å²) in [6, 6.07) is 1.82. The molecule has 0 aliphatic carbocycles. The number of nitrogens with one attached hydrogen (secondary N) is 2. The molecule has 0 saturated heterocycles. The molecule has 0 spiro atoms. The lowest BCUT2D eigenvalue weighted by molar-refractivity contribution is 0.979. The Morgan fingerprint density at radius 2 is 1.68 bits per heavy atom. The van der Waals surface area contributed by atoms with Crippen molar-refractivity contribution in [3.8, 4) is 0 Å². The molecule has 2 aromatic heterocycles. The SMILES string of the molecule is CNc1nc(C)nc(Nc2nc(C)cc(Cl)c2C)n1. The van der Waals surface area contributed by atoms with Crippen molar-refractivity contribution in [2.75, 3.05) is 17.7 Å². The topological polar surface area (TPSA) is 75.6 Å². The number of pyridine rings is 1. The van der Waals surface area contributed by atoms with Crippen LogP contribution in [0.3, 0.4) is 0 Å². The van der Waals surface area contributed by atoms with Gasteiger partial charge in [-0.05, 0) is 26.8 Å². The second-order valence-corrected chi connectivity index (χ2v) is 4.53. The zero-order valence-corrected chi connectivity index (χ0v) is 12.0. The average Bonchev–Trinajstić information content (AvgIpc) is 2.34. The van der Waals surface area contributed by atoms with Gasteiger partial charge in [-0.3, -0.25) is 0 Å². The van der Waals surface area contributed by atoms with Crippen molar-refractivity contribution in [1.29, 1.82) is 0 Å². The number of halogens is 1. The van der Waals surface area contributed by atoms with E-state index in [1.54, 1.807) is 14.0 Å². The predicted octanol–water partition coefficient (Wildman–Crippen LogP) is 2.63. The van der Waals surface area contributed by atoms with Crippen molar-refractivity contribution in [2.24, 2.45) is 0 Å². The van der Waals surface area contributed by atoms with Gasteiger partial charge in [0.2, 0.25) is 11.9 Å². The van der Waals surface area contributed by atoms with Crippen LogP contribution in [0, 0.1) is 20.8 Å². The minimum Gasteiger partial charge on any atom is -0.357 e. The molecule has 2 rings (SSSR count). The second-order valence-electron chi connectivity index (χ2n) is 4.12. The highest BCUT2D eigenvalue weighted by atomic mass is 35.5. The summed E-state index contributed by atoms with van der Waals surface area (Å²) in [5.41, 5.74) is 1.69. The standard InChI is InChI=1S/C12H15ClN6/c1-6-5-9(13)7(2)10(15-6)18-12-17-8(3)16-11(14-4)19-12/h5H,1-4H3,(H2,14,15,16,17,18,19). The van der Waals surface area contributed by atoms with Crippen LogP contribution < -0.4 is 10.6 Å². The fourth-order valence-corrected chi connectivity index (χ4v) is 1.82. The maximum atomic E-state index is 6.13. The van der Waals surface area contributed by atoms with Crippen molar-refractivity contribution in [1.82, 2.24) is 19.9 Å². The number of aryl methyl sites for hydroxylation is 2. The summed E-state index contributed by atoms with van der Waals surface area (Å²) in [4.78, 5) is 17.0. The Morgan fingerprint density at radius 1 is 1.00 bits per heavy atom. The second kappa shape index (κ2) is 5.36. The van der Waals surface area contributed by atoms with Gasteiger partial charge in [0.05, 0.1) is 0 Å². The maximum Gasteiger partial charge on any atom is 0.233 e. The molecule has 0 amide bonds. The molecule has 2 aromatic rings. The highest BCUT2D eigenvalue weighted by Crippen LogP contribution is 2.24. The van der Waals surface area contributed by atoms with Gasteiger partial charge in [0.25, 0.3) is 0 Å². The number of anilines is 3. The fraction of sp³-hybridized carbons (Fsp3) is 0.333. The van der Waals surface area contributed by atoms with E-state index in [9.17, 15) is 0 Å². The Hall–Kier alpha value is -1.95. The zero-order chi connectivity index (χ0) is 14.0. The van der Waals surface area contributed by atoms with Crippen LogP contribution >= 0.6 is 11.6 Å². The first-order chi connectivity index (χ1) is 8.99. The third kappa shape index (κ3) is 3.08. The molecule has 0 atom stereocenters. The normalized spacial score (nSPS) is 10.4. The molecule has 100 valence electrons. The van der Waals surface area contributed by atoms with Crippen LogP contribution in [0.2, 0.25) is 5.02 Å². The van der Waals surface area contributed by atoms with Gasteiger partial charge in [-0.25, -0.2) is 4.98 Å². The summed E-state index contributed by atoms with van der Waals surface area (Å²) in [5.74, 6) is 2.22. The molecule has 0 saturated carbocycles. The quantitative estimate of drug-likeness (QED) is 0.899. The van der Waals surface area contributed by atoms with E-state index in [1.807, 2.05) is 19.9 Å². The largest absolute Gasteiger partial charge is 0.357 e. The molecule has 0 bridgehead atoms. The summed E-state index contributed by atoms with van der Waals surface area (Å²) < 4.78 is 0. The molecule has 0 aromatic carbocycles. The Kier molecular flexibility index (Phi) is 3.80. The Balaban J connectivity index is 2.38. The molecule has 0 aliphatic heterocycles. The van der Waals surface area contributed by atoms with Gasteiger partial charge in [0.1, 0.15) is 11.6 Å². The number of aromatic nitrogens is 4. The van der Waals surface area contributed by atoms with Gasteiger partial charge in [0.15, 0.2) is 0 Å². The zero-order valence-electron chi connectivity index (χ0n) is 11.2. The Labute approximate surface area is 116 Å². The third-order valence-corrected chi connectivity index (χ3v) is 2.93. The third-order valence-electron chi connectivity index (χ3n) is 2.54. The summed E-state index contributed by atoms with van der Waals surface area (Å²) >= 11 is 6.13. The van der Waals surface area contributed by atoms with Gasteiger partial charge >= 0.3 is 0 Å². The van der Waals surface area contributed by atoms with Crippen LogP contribution in [0.25, 0.3) is 0 Å². The summed E-state index contributed by atoms with van der Waals surface area (Å²) in [7, 11) is 1.76. The van der Waals surface area contributed by atoms with Crippen LogP contribution in [0.15, 0.2) is 6.07 Å². The highest BCUT2D eigenvalue weighted by molar-refractivity contribution is 6.31. The number of rotatable bonds is 3. The average molecular weight is 279 g/mol. The van der Waals surface area contributed by atoms with Crippen molar-refractivity contribution >= 4 is 29.3 Å². The van der Waals surface area contributed by atoms with Crippen LogP contribution in [0.1, 0.15) is 17.1 Å².